The van der Waals surface area contributed by atoms with Gasteiger partial charge in [0, 0.05) is 13.1 Å². The van der Waals surface area contributed by atoms with Crippen LogP contribution in [-0.2, 0) is 13.1 Å². The Hall–Kier alpha value is -2.20. The maximum atomic E-state index is 13.4. The van der Waals surface area contributed by atoms with Gasteiger partial charge in [-0.15, -0.1) is 0 Å². The average molecular weight is 287 g/mol. The van der Waals surface area contributed by atoms with Crippen molar-refractivity contribution in [3.8, 4) is 0 Å². The molecule has 4 heteroatoms. The Balaban J connectivity index is 2.07. The van der Waals surface area contributed by atoms with E-state index in [1.54, 1.807) is 6.07 Å². The predicted octanol–water partition coefficient (Wildman–Crippen LogP) is 3.46. The summed E-state index contributed by atoms with van der Waals surface area (Å²) in [7, 11) is 1.95. The van der Waals surface area contributed by atoms with Crippen LogP contribution >= 0.6 is 0 Å². The lowest BCUT2D eigenvalue weighted by molar-refractivity contribution is 0.0691. The fraction of sp³-hybridized carbons (Fsp3) is 0.235. The molecule has 2 aromatic rings. The summed E-state index contributed by atoms with van der Waals surface area (Å²) in [5.74, 6) is -1.94. The molecule has 0 heterocycles. The number of aryl methyl sites for hydroxylation is 1. The Kier molecular flexibility index (Phi) is 4.70. The molecule has 2 rings (SSSR count). The van der Waals surface area contributed by atoms with Crippen LogP contribution in [0.3, 0.4) is 0 Å². The maximum absolute atomic E-state index is 13.4. The van der Waals surface area contributed by atoms with E-state index < -0.39 is 11.8 Å². The Morgan fingerprint density at radius 1 is 1.14 bits per heavy atom. The van der Waals surface area contributed by atoms with Gasteiger partial charge in [-0.05, 0) is 37.2 Å². The van der Waals surface area contributed by atoms with E-state index in [0.717, 1.165) is 12.1 Å². The van der Waals surface area contributed by atoms with Gasteiger partial charge in [0.25, 0.3) is 0 Å². The third-order valence-corrected chi connectivity index (χ3v) is 3.25. The number of hydrogen-bond donors (Lipinski definition) is 1. The average Bonchev–Trinajstić information content (AvgIpc) is 2.40. The van der Waals surface area contributed by atoms with Crippen LogP contribution in [0.25, 0.3) is 0 Å². The molecule has 0 amide bonds. The van der Waals surface area contributed by atoms with Crippen molar-refractivity contribution in [2.45, 2.75) is 20.0 Å². The summed E-state index contributed by atoms with van der Waals surface area (Å²) in [5.41, 5.74) is 2.90. The van der Waals surface area contributed by atoms with Crippen LogP contribution in [0.1, 0.15) is 27.0 Å². The summed E-state index contributed by atoms with van der Waals surface area (Å²) in [4.78, 5) is 13.0. The number of carboxylic acids is 1. The molecule has 21 heavy (non-hydrogen) atoms. The molecule has 3 nitrogen and oxygen atoms in total. The first-order valence-corrected chi connectivity index (χ1v) is 6.71. The van der Waals surface area contributed by atoms with Crippen molar-refractivity contribution < 1.29 is 14.3 Å². The van der Waals surface area contributed by atoms with Gasteiger partial charge >= 0.3 is 5.97 Å². The van der Waals surface area contributed by atoms with Gasteiger partial charge in [0.15, 0.2) is 0 Å². The highest BCUT2D eigenvalue weighted by atomic mass is 19.1. The van der Waals surface area contributed by atoms with Crippen LogP contribution in [0.4, 0.5) is 4.39 Å². The van der Waals surface area contributed by atoms with Crippen LogP contribution < -0.4 is 0 Å². The van der Waals surface area contributed by atoms with Crippen molar-refractivity contribution in [2.75, 3.05) is 7.05 Å². The summed E-state index contributed by atoms with van der Waals surface area (Å²) in [6.45, 7) is 3.36. The molecule has 0 saturated carbocycles. The van der Waals surface area contributed by atoms with Gasteiger partial charge in [0.05, 0.1) is 5.56 Å². The standard InChI is InChI=1S/C17H18FNO2/c1-12-4-3-5-13(8-12)10-19(2)11-14-6-7-16(18)15(9-14)17(20)21/h3-9H,10-11H2,1-2H3,(H,20,21). The Morgan fingerprint density at radius 2 is 1.81 bits per heavy atom. The van der Waals surface area contributed by atoms with Crippen LogP contribution in [0, 0.1) is 12.7 Å². The van der Waals surface area contributed by atoms with Crippen molar-refractivity contribution in [1.29, 1.82) is 0 Å². The van der Waals surface area contributed by atoms with Crippen LogP contribution in [0.2, 0.25) is 0 Å². The van der Waals surface area contributed by atoms with E-state index in [4.69, 9.17) is 5.11 Å². The minimum Gasteiger partial charge on any atom is -0.478 e. The second-order valence-corrected chi connectivity index (χ2v) is 5.28. The van der Waals surface area contributed by atoms with Gasteiger partial charge in [-0.1, -0.05) is 35.9 Å². The van der Waals surface area contributed by atoms with Gasteiger partial charge in [0.1, 0.15) is 5.82 Å². The van der Waals surface area contributed by atoms with Crippen molar-refractivity contribution >= 4 is 5.97 Å². The Morgan fingerprint density at radius 3 is 2.43 bits per heavy atom. The summed E-state index contributed by atoms with van der Waals surface area (Å²) in [6, 6.07) is 12.4. The summed E-state index contributed by atoms with van der Waals surface area (Å²) >= 11 is 0. The van der Waals surface area contributed by atoms with E-state index in [1.165, 1.54) is 23.3 Å². The van der Waals surface area contributed by atoms with E-state index in [1.807, 2.05) is 26.1 Å². The molecular formula is C17H18FNO2. The molecule has 0 fully saturated rings. The maximum Gasteiger partial charge on any atom is 0.338 e. The molecule has 0 spiro atoms. The lowest BCUT2D eigenvalue weighted by Crippen LogP contribution is -2.17. The molecule has 0 aliphatic rings. The molecule has 0 saturated heterocycles. The topological polar surface area (TPSA) is 40.5 Å². The SMILES string of the molecule is Cc1cccc(CN(C)Cc2ccc(F)c(C(=O)O)c2)c1. The molecule has 0 radical (unpaired) electrons. The molecule has 110 valence electrons. The third kappa shape index (κ3) is 4.13. The number of benzene rings is 2. The number of halogens is 1. The lowest BCUT2D eigenvalue weighted by Gasteiger charge is -2.17. The summed E-state index contributed by atoms with van der Waals surface area (Å²) in [5, 5.41) is 8.94. The van der Waals surface area contributed by atoms with Crippen LogP contribution in [0.5, 0.6) is 0 Å². The van der Waals surface area contributed by atoms with E-state index in [0.29, 0.717) is 6.54 Å². The first-order chi connectivity index (χ1) is 9.95. The first-order valence-electron chi connectivity index (χ1n) is 6.71. The van der Waals surface area contributed by atoms with Crippen LogP contribution in [0.15, 0.2) is 42.5 Å². The second-order valence-electron chi connectivity index (χ2n) is 5.28. The summed E-state index contributed by atoms with van der Waals surface area (Å²) in [6.07, 6.45) is 0. The highest BCUT2D eigenvalue weighted by Crippen LogP contribution is 2.14. The van der Waals surface area contributed by atoms with Gasteiger partial charge in [0.2, 0.25) is 0 Å². The largest absolute Gasteiger partial charge is 0.478 e. The molecular weight excluding hydrogens is 269 g/mol. The minimum absolute atomic E-state index is 0.281. The lowest BCUT2D eigenvalue weighted by atomic mass is 10.1. The van der Waals surface area contributed by atoms with Crippen LogP contribution in [-0.4, -0.2) is 23.0 Å². The number of carbonyl (C=O) groups is 1. The number of carboxylic acid groups (broad SMARTS) is 1. The van der Waals surface area contributed by atoms with Crippen molar-refractivity contribution in [1.82, 2.24) is 4.90 Å². The number of nitrogens with zero attached hydrogens (tertiary/aromatic N) is 1. The second kappa shape index (κ2) is 6.50. The number of rotatable bonds is 5. The molecule has 0 atom stereocenters. The smallest absolute Gasteiger partial charge is 0.338 e. The first kappa shape index (κ1) is 15.2. The summed E-state index contributed by atoms with van der Waals surface area (Å²) < 4.78 is 13.4. The third-order valence-electron chi connectivity index (χ3n) is 3.25. The predicted molar refractivity (Wildman–Crippen MR) is 79.7 cm³/mol. The molecule has 0 aliphatic heterocycles. The minimum atomic E-state index is -1.24. The monoisotopic (exact) mass is 287 g/mol. The highest BCUT2D eigenvalue weighted by molar-refractivity contribution is 5.88. The van der Waals surface area contributed by atoms with E-state index in [2.05, 4.69) is 17.0 Å². The molecule has 1 N–H and O–H groups in total. The molecule has 0 aliphatic carbocycles. The number of aromatic carboxylic acids is 1. The van der Waals surface area contributed by atoms with Crippen molar-refractivity contribution in [3.05, 3.63) is 70.5 Å². The Labute approximate surface area is 123 Å². The van der Waals surface area contributed by atoms with Gasteiger partial charge in [-0.3, -0.25) is 4.90 Å². The zero-order valence-electron chi connectivity index (χ0n) is 12.1. The molecule has 0 unspecified atom stereocenters. The fourth-order valence-electron chi connectivity index (χ4n) is 2.32. The van der Waals surface area contributed by atoms with Crippen molar-refractivity contribution in [3.63, 3.8) is 0 Å². The van der Waals surface area contributed by atoms with Gasteiger partial charge in [-0.2, -0.15) is 0 Å². The van der Waals surface area contributed by atoms with E-state index in [9.17, 15) is 9.18 Å². The zero-order chi connectivity index (χ0) is 15.4. The highest BCUT2D eigenvalue weighted by Gasteiger charge is 2.11. The quantitative estimate of drug-likeness (QED) is 0.915. The molecule has 0 aromatic heterocycles. The fourth-order valence-corrected chi connectivity index (χ4v) is 2.32. The normalized spacial score (nSPS) is 10.9. The number of hydrogen-bond acceptors (Lipinski definition) is 2. The zero-order valence-corrected chi connectivity index (χ0v) is 12.1. The van der Waals surface area contributed by atoms with Gasteiger partial charge in [-0.25, -0.2) is 9.18 Å². The van der Waals surface area contributed by atoms with Gasteiger partial charge < -0.3 is 5.11 Å². The molecule has 0 bridgehead atoms. The molecule has 2 aromatic carbocycles. The Bertz CT molecular complexity index is 655. The van der Waals surface area contributed by atoms with E-state index >= 15 is 0 Å². The van der Waals surface area contributed by atoms with E-state index in [-0.39, 0.29) is 5.56 Å². The van der Waals surface area contributed by atoms with Crippen molar-refractivity contribution in [2.24, 2.45) is 0 Å².